The number of nitrogens with one attached hydrogen (secondary N) is 1. The van der Waals surface area contributed by atoms with Gasteiger partial charge in [-0.05, 0) is 52.3 Å². The number of aromatic nitrogens is 6. The number of aromatic amines is 1. The Morgan fingerprint density at radius 3 is 2.47 bits per heavy atom. The Labute approximate surface area is 225 Å². The van der Waals surface area contributed by atoms with E-state index in [2.05, 4.69) is 64.1 Å². The Hall–Kier alpha value is -3.48. The second-order valence-corrected chi connectivity index (χ2v) is 10.8. The molecule has 1 aliphatic carbocycles. The minimum atomic E-state index is 0.138. The number of rotatable bonds is 12. The van der Waals surface area contributed by atoms with Gasteiger partial charge in [-0.3, -0.25) is 9.13 Å². The summed E-state index contributed by atoms with van der Waals surface area (Å²) in [7, 11) is 0. The highest BCUT2D eigenvalue weighted by molar-refractivity contribution is 5.80. The molecule has 0 aliphatic heterocycles. The van der Waals surface area contributed by atoms with Crippen molar-refractivity contribution in [3.63, 3.8) is 0 Å². The third-order valence-corrected chi connectivity index (χ3v) is 8.05. The monoisotopic (exact) mass is 512 g/mol. The fourth-order valence-electron chi connectivity index (χ4n) is 5.83. The zero-order chi connectivity index (χ0) is 26.2. The molecule has 0 atom stereocenters. The van der Waals surface area contributed by atoms with Gasteiger partial charge in [-0.2, -0.15) is 0 Å². The molecule has 0 radical (unpaired) electrons. The van der Waals surface area contributed by atoms with Crippen LogP contribution in [0.15, 0.2) is 59.5 Å². The molecule has 1 saturated carbocycles. The van der Waals surface area contributed by atoms with Crippen LogP contribution in [0.4, 0.5) is 0 Å². The summed E-state index contributed by atoms with van der Waals surface area (Å²) in [6.07, 6.45) is 15.7. The first-order valence-electron chi connectivity index (χ1n) is 14.4. The zero-order valence-electron chi connectivity index (χ0n) is 22.6. The van der Waals surface area contributed by atoms with Crippen molar-refractivity contribution in [2.24, 2.45) is 5.92 Å². The summed E-state index contributed by atoms with van der Waals surface area (Å²) in [5.74, 6) is 1.42. The van der Waals surface area contributed by atoms with Gasteiger partial charge in [-0.25, -0.2) is 9.89 Å². The zero-order valence-corrected chi connectivity index (χ0v) is 22.6. The maximum Gasteiger partial charge on any atom is 0.328 e. The lowest BCUT2D eigenvalue weighted by molar-refractivity contribution is 0.322. The lowest BCUT2D eigenvalue weighted by atomic mass is 9.87. The van der Waals surface area contributed by atoms with Crippen molar-refractivity contribution in [1.82, 2.24) is 29.8 Å². The van der Waals surface area contributed by atoms with E-state index in [9.17, 15) is 4.79 Å². The van der Waals surface area contributed by atoms with Crippen LogP contribution in [0.1, 0.15) is 82.4 Å². The standard InChI is InChI=1S/C31H40N6O/c1-2-3-4-8-13-27-23-36(21-20-24-11-6-5-7-12-24)31(38)37(27)22-25-16-18-26(19-17-25)28-14-9-10-15-29(28)30-32-34-35-33-30/h9-10,14-19,23-24H,2-8,11-13,20-22H2,1H3,(H,32,33,34,35). The molecule has 1 N–H and O–H groups in total. The number of imidazole rings is 1. The van der Waals surface area contributed by atoms with Crippen LogP contribution in [0, 0.1) is 5.92 Å². The molecule has 200 valence electrons. The minimum Gasteiger partial charge on any atom is -0.299 e. The van der Waals surface area contributed by atoms with Crippen molar-refractivity contribution in [2.45, 2.75) is 90.6 Å². The first-order valence-corrected chi connectivity index (χ1v) is 14.4. The molecule has 2 aromatic carbocycles. The number of aryl methyl sites for hydroxylation is 2. The summed E-state index contributed by atoms with van der Waals surface area (Å²) in [4.78, 5) is 13.5. The average molecular weight is 513 g/mol. The number of nitrogens with zero attached hydrogens (tertiary/aromatic N) is 5. The van der Waals surface area contributed by atoms with E-state index in [0.29, 0.717) is 12.4 Å². The first kappa shape index (κ1) is 26.1. The largest absolute Gasteiger partial charge is 0.328 e. The van der Waals surface area contributed by atoms with E-state index < -0.39 is 0 Å². The molecule has 0 saturated heterocycles. The van der Waals surface area contributed by atoms with Crippen LogP contribution < -0.4 is 5.69 Å². The van der Waals surface area contributed by atoms with Crippen LogP contribution in [-0.2, 0) is 19.5 Å². The summed E-state index contributed by atoms with van der Waals surface area (Å²) in [6, 6.07) is 16.6. The summed E-state index contributed by atoms with van der Waals surface area (Å²) in [6.45, 7) is 3.68. The lowest BCUT2D eigenvalue weighted by Gasteiger charge is -2.21. The van der Waals surface area contributed by atoms with E-state index in [1.165, 1.54) is 57.1 Å². The number of unbranched alkanes of at least 4 members (excludes halogenated alkanes) is 3. The molecule has 0 spiro atoms. The fourth-order valence-corrected chi connectivity index (χ4v) is 5.83. The normalized spacial score (nSPS) is 14.2. The van der Waals surface area contributed by atoms with Gasteiger partial charge >= 0.3 is 5.69 Å². The van der Waals surface area contributed by atoms with Gasteiger partial charge in [0.25, 0.3) is 0 Å². The number of hydrogen-bond acceptors (Lipinski definition) is 4. The first-order chi connectivity index (χ1) is 18.7. The van der Waals surface area contributed by atoms with Crippen LogP contribution >= 0.6 is 0 Å². The van der Waals surface area contributed by atoms with E-state index in [0.717, 1.165) is 54.0 Å². The van der Waals surface area contributed by atoms with Crippen molar-refractivity contribution >= 4 is 0 Å². The number of tetrazole rings is 1. The van der Waals surface area contributed by atoms with E-state index in [1.54, 1.807) is 0 Å². The third kappa shape index (κ3) is 6.32. The van der Waals surface area contributed by atoms with Gasteiger partial charge in [-0.1, -0.05) is 107 Å². The van der Waals surface area contributed by atoms with Crippen LogP contribution in [0.3, 0.4) is 0 Å². The number of hydrogen-bond donors (Lipinski definition) is 1. The van der Waals surface area contributed by atoms with Gasteiger partial charge in [0.1, 0.15) is 0 Å². The minimum absolute atomic E-state index is 0.138. The predicted molar refractivity (Wildman–Crippen MR) is 152 cm³/mol. The Morgan fingerprint density at radius 2 is 1.74 bits per heavy atom. The van der Waals surface area contributed by atoms with E-state index in [-0.39, 0.29) is 5.69 Å². The SMILES string of the molecule is CCCCCCc1cn(CCC2CCCCC2)c(=O)n1Cc1ccc(-c2ccccc2-c2nnn[nH]2)cc1. The lowest BCUT2D eigenvalue weighted by Crippen LogP contribution is -2.26. The second kappa shape index (κ2) is 12.9. The number of H-pyrrole nitrogens is 1. The predicted octanol–water partition coefficient (Wildman–Crippen LogP) is 6.64. The van der Waals surface area contributed by atoms with Gasteiger partial charge < -0.3 is 0 Å². The van der Waals surface area contributed by atoms with Gasteiger partial charge in [0.15, 0.2) is 5.82 Å². The molecule has 1 fully saturated rings. The van der Waals surface area contributed by atoms with Crippen LogP contribution in [0.5, 0.6) is 0 Å². The molecule has 5 rings (SSSR count). The molecule has 0 unspecified atom stereocenters. The Balaban J connectivity index is 1.34. The van der Waals surface area contributed by atoms with Crippen molar-refractivity contribution in [2.75, 3.05) is 0 Å². The Kier molecular flexibility index (Phi) is 8.84. The maximum absolute atomic E-state index is 13.5. The Morgan fingerprint density at radius 1 is 0.947 bits per heavy atom. The van der Waals surface area contributed by atoms with Gasteiger partial charge in [0, 0.05) is 24.0 Å². The highest BCUT2D eigenvalue weighted by Crippen LogP contribution is 2.30. The van der Waals surface area contributed by atoms with Crippen LogP contribution in [-0.4, -0.2) is 29.8 Å². The summed E-state index contributed by atoms with van der Waals surface area (Å²) < 4.78 is 4.00. The van der Waals surface area contributed by atoms with Gasteiger partial charge in [0.05, 0.1) is 6.54 Å². The Bertz CT molecular complexity index is 1330. The fraction of sp³-hybridized carbons (Fsp3) is 0.484. The molecule has 0 bridgehead atoms. The van der Waals surface area contributed by atoms with E-state index >= 15 is 0 Å². The van der Waals surface area contributed by atoms with Crippen molar-refractivity contribution in [3.8, 4) is 22.5 Å². The van der Waals surface area contributed by atoms with Gasteiger partial charge in [0.2, 0.25) is 0 Å². The second-order valence-electron chi connectivity index (χ2n) is 10.8. The smallest absolute Gasteiger partial charge is 0.299 e. The van der Waals surface area contributed by atoms with Gasteiger partial charge in [-0.15, -0.1) is 5.10 Å². The summed E-state index contributed by atoms with van der Waals surface area (Å²) in [5, 5.41) is 14.4. The van der Waals surface area contributed by atoms with Crippen LogP contribution in [0.25, 0.3) is 22.5 Å². The third-order valence-electron chi connectivity index (χ3n) is 8.05. The highest BCUT2D eigenvalue weighted by Gasteiger charge is 2.17. The average Bonchev–Trinajstić information content (AvgIpc) is 3.60. The topological polar surface area (TPSA) is 81.4 Å². The molecular weight excluding hydrogens is 472 g/mol. The molecule has 2 aromatic heterocycles. The summed E-state index contributed by atoms with van der Waals surface area (Å²) >= 11 is 0. The van der Waals surface area contributed by atoms with Crippen molar-refractivity contribution in [1.29, 1.82) is 0 Å². The molecule has 7 nitrogen and oxygen atoms in total. The molecule has 1 aliphatic rings. The molecular formula is C31H40N6O. The highest BCUT2D eigenvalue weighted by atomic mass is 16.1. The molecule has 0 amide bonds. The molecule has 4 aromatic rings. The maximum atomic E-state index is 13.5. The van der Waals surface area contributed by atoms with Crippen molar-refractivity contribution < 1.29 is 0 Å². The van der Waals surface area contributed by atoms with E-state index in [4.69, 9.17) is 0 Å². The number of benzene rings is 2. The molecule has 7 heteroatoms. The summed E-state index contributed by atoms with van der Waals surface area (Å²) in [5.41, 5.74) is 5.57. The van der Waals surface area contributed by atoms with Crippen molar-refractivity contribution in [3.05, 3.63) is 76.5 Å². The van der Waals surface area contributed by atoms with Crippen LogP contribution in [0.2, 0.25) is 0 Å². The molecule has 38 heavy (non-hydrogen) atoms. The quantitative estimate of drug-likeness (QED) is 0.216. The van der Waals surface area contributed by atoms with E-state index in [1.807, 2.05) is 27.3 Å². The molecule has 2 heterocycles.